The van der Waals surface area contributed by atoms with Gasteiger partial charge >= 0.3 is 0 Å². The number of nitrogens with one attached hydrogen (secondary N) is 1. The van der Waals surface area contributed by atoms with Crippen molar-refractivity contribution in [3.63, 3.8) is 0 Å². The predicted molar refractivity (Wildman–Crippen MR) is 117 cm³/mol. The van der Waals surface area contributed by atoms with Gasteiger partial charge in [-0.15, -0.1) is 0 Å². The van der Waals surface area contributed by atoms with E-state index >= 15 is 0 Å². The summed E-state index contributed by atoms with van der Waals surface area (Å²) in [7, 11) is 0. The summed E-state index contributed by atoms with van der Waals surface area (Å²) in [6.07, 6.45) is 2.41. The van der Waals surface area contributed by atoms with Crippen molar-refractivity contribution in [3.8, 4) is 11.4 Å². The lowest BCUT2D eigenvalue weighted by Gasteiger charge is -2.35. The number of aromatic amines is 1. The summed E-state index contributed by atoms with van der Waals surface area (Å²) < 4.78 is 0. The summed E-state index contributed by atoms with van der Waals surface area (Å²) in [6, 6.07) is 12.4. The van der Waals surface area contributed by atoms with E-state index in [1.165, 1.54) is 6.07 Å². The molecule has 2 aromatic heterocycles. The van der Waals surface area contributed by atoms with E-state index < -0.39 is 0 Å². The van der Waals surface area contributed by atoms with Crippen molar-refractivity contribution in [3.05, 3.63) is 75.3 Å². The van der Waals surface area contributed by atoms with Gasteiger partial charge in [-0.25, -0.2) is 9.97 Å². The molecule has 30 heavy (non-hydrogen) atoms. The number of pyridine rings is 1. The molecule has 154 valence electrons. The Balaban J connectivity index is 1.42. The highest BCUT2D eigenvalue weighted by Crippen LogP contribution is 2.20. The lowest BCUT2D eigenvalue weighted by Crippen LogP contribution is -2.49. The van der Waals surface area contributed by atoms with Crippen LogP contribution in [0.15, 0.2) is 53.5 Å². The van der Waals surface area contributed by atoms with E-state index in [4.69, 9.17) is 11.6 Å². The fourth-order valence-electron chi connectivity index (χ4n) is 3.48. The van der Waals surface area contributed by atoms with Crippen LogP contribution < -0.4 is 10.5 Å². The minimum absolute atomic E-state index is 0.00806. The minimum Gasteiger partial charge on any atom is -0.353 e. The maximum atomic E-state index is 12.7. The third kappa shape index (κ3) is 4.36. The second-order valence-corrected chi connectivity index (χ2v) is 7.57. The molecular formula is C22H22ClN5O2. The standard InChI is InChI=1S/C22H22ClN5O2/c1-2-18-13-20(29)26-21(25-18)16-6-7-19(24-14-16)27-8-10-28(11-9-27)22(30)15-4-3-5-17(23)12-15/h3-7,12-14H,2,8-11H2,1H3,(H,25,26,29). The average molecular weight is 424 g/mol. The number of nitrogens with zero attached hydrogens (tertiary/aromatic N) is 4. The Labute approximate surface area is 179 Å². The van der Waals surface area contributed by atoms with E-state index in [-0.39, 0.29) is 11.5 Å². The van der Waals surface area contributed by atoms with E-state index in [0.29, 0.717) is 49.0 Å². The van der Waals surface area contributed by atoms with Crippen LogP contribution in [-0.2, 0) is 6.42 Å². The first kappa shape index (κ1) is 20.1. The maximum Gasteiger partial charge on any atom is 0.254 e. The van der Waals surface area contributed by atoms with Crippen LogP contribution in [0, 0.1) is 0 Å². The molecule has 1 aliphatic rings. The second kappa shape index (κ2) is 8.67. The van der Waals surface area contributed by atoms with Gasteiger partial charge in [0.15, 0.2) is 0 Å². The van der Waals surface area contributed by atoms with Crippen LogP contribution in [0.25, 0.3) is 11.4 Å². The molecule has 1 aliphatic heterocycles. The number of anilines is 1. The summed E-state index contributed by atoms with van der Waals surface area (Å²) in [5.41, 5.74) is 1.95. The molecule has 1 fully saturated rings. The Morgan fingerprint density at radius 1 is 1.13 bits per heavy atom. The molecule has 0 aliphatic carbocycles. The largest absolute Gasteiger partial charge is 0.353 e. The Hall–Kier alpha value is -3.19. The molecule has 0 atom stereocenters. The molecule has 3 heterocycles. The zero-order valence-corrected chi connectivity index (χ0v) is 17.4. The molecule has 4 rings (SSSR count). The fourth-order valence-corrected chi connectivity index (χ4v) is 3.67. The molecule has 8 heteroatoms. The number of aryl methyl sites for hydroxylation is 1. The van der Waals surface area contributed by atoms with Crippen molar-refractivity contribution in [1.29, 1.82) is 0 Å². The predicted octanol–water partition coefficient (Wildman–Crippen LogP) is 3.01. The fraction of sp³-hybridized carbons (Fsp3) is 0.273. The minimum atomic E-state index is -0.165. The topological polar surface area (TPSA) is 82.2 Å². The monoisotopic (exact) mass is 423 g/mol. The zero-order valence-electron chi connectivity index (χ0n) is 16.6. The van der Waals surface area contributed by atoms with E-state index in [1.807, 2.05) is 24.0 Å². The maximum absolute atomic E-state index is 12.7. The van der Waals surface area contributed by atoms with Gasteiger partial charge in [0.05, 0.1) is 0 Å². The van der Waals surface area contributed by atoms with Crippen LogP contribution >= 0.6 is 11.6 Å². The third-order valence-corrected chi connectivity index (χ3v) is 5.38. The molecular weight excluding hydrogens is 402 g/mol. The number of halogens is 1. The smallest absolute Gasteiger partial charge is 0.254 e. The van der Waals surface area contributed by atoms with Crippen molar-refractivity contribution >= 4 is 23.3 Å². The lowest BCUT2D eigenvalue weighted by atomic mass is 10.2. The van der Waals surface area contributed by atoms with Gasteiger partial charge in [0.25, 0.3) is 11.5 Å². The second-order valence-electron chi connectivity index (χ2n) is 7.13. The summed E-state index contributed by atoms with van der Waals surface area (Å²) in [5, 5.41) is 0.559. The highest BCUT2D eigenvalue weighted by molar-refractivity contribution is 6.30. The van der Waals surface area contributed by atoms with Gasteiger partial charge in [-0.2, -0.15) is 0 Å². The van der Waals surface area contributed by atoms with Crippen LogP contribution in [0.1, 0.15) is 23.0 Å². The van der Waals surface area contributed by atoms with Crippen LogP contribution in [0.2, 0.25) is 5.02 Å². The van der Waals surface area contributed by atoms with Crippen molar-refractivity contribution < 1.29 is 4.79 Å². The van der Waals surface area contributed by atoms with E-state index in [2.05, 4.69) is 19.9 Å². The Bertz CT molecular complexity index is 1110. The van der Waals surface area contributed by atoms with Gasteiger partial charge < -0.3 is 14.8 Å². The van der Waals surface area contributed by atoms with E-state index in [0.717, 1.165) is 17.1 Å². The third-order valence-electron chi connectivity index (χ3n) is 5.14. The van der Waals surface area contributed by atoms with Crippen molar-refractivity contribution in [2.24, 2.45) is 0 Å². The molecule has 0 unspecified atom stereocenters. The molecule has 0 bridgehead atoms. The quantitative estimate of drug-likeness (QED) is 0.697. The molecule has 1 saturated heterocycles. The number of aromatic nitrogens is 3. The van der Waals surface area contributed by atoms with Crippen molar-refractivity contribution in [1.82, 2.24) is 19.9 Å². The highest BCUT2D eigenvalue weighted by atomic mass is 35.5. The molecule has 0 radical (unpaired) electrons. The summed E-state index contributed by atoms with van der Waals surface area (Å²) in [4.78, 5) is 40.2. The Morgan fingerprint density at radius 3 is 2.60 bits per heavy atom. The van der Waals surface area contributed by atoms with Crippen LogP contribution in [-0.4, -0.2) is 51.9 Å². The van der Waals surface area contributed by atoms with Crippen LogP contribution in [0.4, 0.5) is 5.82 Å². The number of benzene rings is 1. The normalized spacial score (nSPS) is 14.1. The molecule has 7 nitrogen and oxygen atoms in total. The number of hydrogen-bond acceptors (Lipinski definition) is 5. The first-order valence-corrected chi connectivity index (χ1v) is 10.3. The lowest BCUT2D eigenvalue weighted by molar-refractivity contribution is 0.0746. The highest BCUT2D eigenvalue weighted by Gasteiger charge is 2.23. The zero-order chi connectivity index (χ0) is 21.1. The van der Waals surface area contributed by atoms with Crippen molar-refractivity contribution in [2.75, 3.05) is 31.1 Å². The van der Waals surface area contributed by atoms with Gasteiger partial charge in [0.1, 0.15) is 11.6 Å². The number of amides is 1. The first-order valence-electron chi connectivity index (χ1n) is 9.90. The number of carbonyl (C=O) groups is 1. The van der Waals surface area contributed by atoms with Gasteiger partial charge in [-0.1, -0.05) is 24.6 Å². The van der Waals surface area contributed by atoms with Gasteiger partial charge in [-0.05, 0) is 36.8 Å². The first-order chi connectivity index (χ1) is 14.5. The Kier molecular flexibility index (Phi) is 5.81. The van der Waals surface area contributed by atoms with E-state index in [1.54, 1.807) is 30.5 Å². The molecule has 1 N–H and O–H groups in total. The number of H-pyrrole nitrogens is 1. The van der Waals surface area contributed by atoms with Crippen molar-refractivity contribution in [2.45, 2.75) is 13.3 Å². The Morgan fingerprint density at radius 2 is 1.93 bits per heavy atom. The summed E-state index contributed by atoms with van der Waals surface area (Å²) >= 11 is 6.00. The van der Waals surface area contributed by atoms with Crippen LogP contribution in [0.3, 0.4) is 0 Å². The van der Waals surface area contributed by atoms with Gasteiger partial charge in [-0.3, -0.25) is 9.59 Å². The molecule has 1 aromatic carbocycles. The summed E-state index contributed by atoms with van der Waals surface area (Å²) in [5.74, 6) is 1.35. The van der Waals surface area contributed by atoms with Gasteiger partial charge in [0.2, 0.25) is 0 Å². The number of rotatable bonds is 4. The number of hydrogen-bond donors (Lipinski definition) is 1. The SMILES string of the molecule is CCc1cc(=O)[nH]c(-c2ccc(N3CCN(C(=O)c4cccc(Cl)c4)CC3)nc2)n1. The van der Waals surface area contributed by atoms with Gasteiger partial charge in [0, 0.05) is 60.3 Å². The van der Waals surface area contributed by atoms with E-state index in [9.17, 15) is 9.59 Å². The molecule has 3 aromatic rings. The molecule has 0 saturated carbocycles. The number of piperazine rings is 1. The molecule has 1 amide bonds. The molecule has 0 spiro atoms. The average Bonchev–Trinajstić information content (AvgIpc) is 2.78. The number of carbonyl (C=O) groups excluding carboxylic acids is 1. The van der Waals surface area contributed by atoms with Crippen LogP contribution in [0.5, 0.6) is 0 Å². The summed E-state index contributed by atoms with van der Waals surface area (Å²) in [6.45, 7) is 4.58.